The molecule has 0 aliphatic heterocycles. The van der Waals surface area contributed by atoms with E-state index in [0.29, 0.717) is 19.8 Å². The Morgan fingerprint density at radius 3 is 2.04 bits per heavy atom. The monoisotopic (exact) mass is 515 g/mol. The number of nitrogens with zero attached hydrogens (tertiary/aromatic N) is 2. The topological polar surface area (TPSA) is 36.5 Å². The van der Waals surface area contributed by atoms with Crippen LogP contribution in [0.4, 0.5) is 0 Å². The summed E-state index contributed by atoms with van der Waals surface area (Å²) in [6.45, 7) is 12.1. The summed E-state index contributed by atoms with van der Waals surface area (Å²) in [6.07, 6.45) is 10.9. The van der Waals surface area contributed by atoms with Crippen molar-refractivity contribution in [1.29, 1.82) is 0 Å². The second-order valence-electron chi connectivity index (χ2n) is 5.27. The van der Waals surface area contributed by atoms with Crippen LogP contribution in [0.25, 0.3) is 0 Å². The van der Waals surface area contributed by atoms with Crippen LogP contribution in [0.3, 0.4) is 0 Å². The van der Waals surface area contributed by atoms with Crippen molar-refractivity contribution in [1.82, 2.24) is 4.57 Å². The second kappa shape index (κ2) is 18.9. The zero-order valence-corrected chi connectivity index (χ0v) is 21.0. The van der Waals surface area contributed by atoms with Crippen molar-refractivity contribution in [2.75, 3.05) is 19.8 Å². The molecule has 0 amide bonds. The van der Waals surface area contributed by atoms with Crippen LogP contribution < -0.4 is 4.57 Å². The molecule has 0 bridgehead atoms. The molecule has 0 spiro atoms. The fraction of sp³-hybridized carbons (Fsp3) is 0.765. The summed E-state index contributed by atoms with van der Waals surface area (Å²) in [5, 5.41) is 0. The minimum absolute atomic E-state index is 0. The van der Waals surface area contributed by atoms with Crippen molar-refractivity contribution in [3.8, 4) is 0 Å². The molecule has 26 heavy (non-hydrogen) atoms. The standard InChI is InChI=1S/C16H32N2O3Si.CH3.2ClH.Ru/c1-5-9-11-17-13-14-18(16-17)12-10-15-22(19-6-2,20-7-3)21-8-4;;;;/h13-14H,5-12,15H2,1-4H3;1H3;2*1H;/q;-1;;;+4/p-2. The van der Waals surface area contributed by atoms with E-state index in [1.165, 1.54) is 12.8 Å². The van der Waals surface area contributed by atoms with Gasteiger partial charge in [0.1, 0.15) is 0 Å². The van der Waals surface area contributed by atoms with Crippen LogP contribution in [0.2, 0.25) is 6.04 Å². The first kappa shape index (κ1) is 28.7. The molecule has 0 aromatic carbocycles. The third-order valence-corrected chi connectivity index (χ3v) is 6.56. The van der Waals surface area contributed by atoms with Crippen molar-refractivity contribution < 1.29 is 33.0 Å². The molecule has 0 N–H and O–H groups in total. The van der Waals surface area contributed by atoms with E-state index in [-0.39, 0.29) is 22.6 Å². The van der Waals surface area contributed by atoms with Crippen molar-refractivity contribution in [3.05, 3.63) is 26.1 Å². The van der Waals surface area contributed by atoms with E-state index in [4.69, 9.17) is 32.7 Å². The fourth-order valence-electron chi connectivity index (χ4n) is 2.44. The number of aryl methyl sites for hydroxylation is 2. The zero-order chi connectivity index (χ0) is 19.0. The molecule has 0 saturated carbocycles. The van der Waals surface area contributed by atoms with E-state index < -0.39 is 8.80 Å². The van der Waals surface area contributed by atoms with E-state index in [0.717, 1.165) is 25.6 Å². The molecule has 0 saturated heterocycles. The normalized spacial score (nSPS) is 10.8. The second-order valence-corrected chi connectivity index (χ2v) is 10.6. The van der Waals surface area contributed by atoms with Gasteiger partial charge in [0.25, 0.3) is 0 Å². The van der Waals surface area contributed by atoms with Gasteiger partial charge in [-0.15, -0.1) is 0 Å². The van der Waals surface area contributed by atoms with Crippen LogP contribution in [0.15, 0.2) is 12.4 Å². The maximum atomic E-state index is 5.88. The molecule has 1 aromatic heterocycles. The number of hydrogen-bond donors (Lipinski definition) is 0. The summed E-state index contributed by atoms with van der Waals surface area (Å²) in [6, 6.07) is 0.851. The van der Waals surface area contributed by atoms with E-state index in [2.05, 4.69) is 34.8 Å². The van der Waals surface area contributed by atoms with Crippen LogP contribution >= 0.6 is 19.4 Å². The molecule has 0 unspecified atom stereocenters. The average Bonchev–Trinajstić information content (AvgIpc) is 3.02. The molecule has 0 atom stereocenters. The van der Waals surface area contributed by atoms with Gasteiger partial charge in [0, 0.05) is 25.9 Å². The van der Waals surface area contributed by atoms with Crippen molar-refractivity contribution in [2.45, 2.75) is 66.1 Å². The van der Waals surface area contributed by atoms with E-state index in [1.807, 2.05) is 20.8 Å². The first-order chi connectivity index (χ1) is 12.1. The van der Waals surface area contributed by atoms with Crippen LogP contribution in [0, 0.1) is 13.8 Å². The zero-order valence-electron chi connectivity index (χ0n) is 16.7. The maximum absolute atomic E-state index is 5.88. The number of hydrogen-bond acceptors (Lipinski definition) is 3. The summed E-state index contributed by atoms with van der Waals surface area (Å²) in [4.78, 5) is 0. The predicted octanol–water partition coefficient (Wildman–Crippen LogP) is 4.64. The van der Waals surface area contributed by atoms with Gasteiger partial charge >= 0.3 is 43.3 Å². The summed E-state index contributed by atoms with van der Waals surface area (Å²) in [5.74, 6) is 0. The quantitative estimate of drug-likeness (QED) is 0.218. The van der Waals surface area contributed by atoms with E-state index in [1.54, 1.807) is 0 Å². The molecule has 1 rings (SSSR count). The molecule has 0 aliphatic rings. The van der Waals surface area contributed by atoms with Crippen molar-refractivity contribution in [3.63, 3.8) is 0 Å². The summed E-state index contributed by atoms with van der Waals surface area (Å²) < 4.78 is 21.9. The Kier molecular flexibility index (Phi) is 20.8. The molecule has 0 fully saturated rings. The molecule has 0 radical (unpaired) electrons. The Morgan fingerprint density at radius 2 is 1.58 bits per heavy atom. The average molecular weight is 516 g/mol. The van der Waals surface area contributed by atoms with Gasteiger partial charge in [-0.1, -0.05) is 13.3 Å². The SMILES string of the molecule is CCCC[n+]1[c-]n(CCC[Si](OCC)(OCC)OCC)cc1.[CH3-].[Cl][Ru+2][Cl]. The molecular formula is C17H35Cl2N2O3RuSi+. The fourth-order valence-corrected chi connectivity index (χ4v) is 5.03. The molecule has 9 heteroatoms. The number of imidazole rings is 1. The Bertz CT molecular complexity index is 411. The van der Waals surface area contributed by atoms with Gasteiger partial charge in [0.2, 0.25) is 6.33 Å². The number of rotatable bonds is 13. The summed E-state index contributed by atoms with van der Waals surface area (Å²) in [5.41, 5.74) is 0. The van der Waals surface area contributed by atoms with E-state index in [9.17, 15) is 0 Å². The molecule has 1 heterocycles. The molecule has 1 aromatic rings. The van der Waals surface area contributed by atoms with Gasteiger partial charge in [-0.2, -0.15) is 0 Å². The van der Waals surface area contributed by atoms with Crippen LogP contribution in [-0.4, -0.2) is 33.2 Å². The molecule has 156 valence electrons. The van der Waals surface area contributed by atoms with Crippen LogP contribution in [-0.2, 0) is 41.5 Å². The van der Waals surface area contributed by atoms with E-state index >= 15 is 0 Å². The van der Waals surface area contributed by atoms with Crippen molar-refractivity contribution in [2.24, 2.45) is 0 Å². The molecule has 0 aliphatic carbocycles. The van der Waals surface area contributed by atoms with Gasteiger partial charge in [-0.25, -0.2) is 0 Å². The Morgan fingerprint density at radius 1 is 1.04 bits per heavy atom. The van der Waals surface area contributed by atoms with Crippen LogP contribution in [0.5, 0.6) is 0 Å². The van der Waals surface area contributed by atoms with Gasteiger partial charge in [-0.05, 0) is 46.0 Å². The van der Waals surface area contributed by atoms with Gasteiger partial charge in [0.15, 0.2) is 0 Å². The third kappa shape index (κ3) is 12.8. The van der Waals surface area contributed by atoms with Gasteiger partial charge in [0.05, 0.1) is 13.1 Å². The third-order valence-electron chi connectivity index (χ3n) is 3.41. The number of halogens is 2. The Balaban J connectivity index is 0. The number of aromatic nitrogens is 2. The predicted molar refractivity (Wildman–Crippen MR) is 107 cm³/mol. The Hall–Kier alpha value is 0.510. The Labute approximate surface area is 177 Å². The molecular weight excluding hydrogens is 480 g/mol. The molecule has 5 nitrogen and oxygen atoms in total. The van der Waals surface area contributed by atoms with Gasteiger partial charge in [-0.3, -0.25) is 0 Å². The summed E-state index contributed by atoms with van der Waals surface area (Å²) >= 11 is -0.346. The summed E-state index contributed by atoms with van der Waals surface area (Å²) in [7, 11) is 7.21. The number of unbranched alkanes of at least 4 members (excludes halogenated alkanes) is 1. The minimum atomic E-state index is -2.50. The van der Waals surface area contributed by atoms with Gasteiger partial charge < -0.3 is 29.8 Å². The van der Waals surface area contributed by atoms with Crippen molar-refractivity contribution >= 4 is 28.2 Å². The first-order valence-electron chi connectivity index (χ1n) is 8.86. The van der Waals surface area contributed by atoms with Crippen LogP contribution in [0.1, 0.15) is 47.0 Å². The first-order valence-corrected chi connectivity index (χ1v) is 15.3.